The number of esters is 1. The van der Waals surface area contributed by atoms with Crippen LogP contribution in [0.3, 0.4) is 0 Å². The number of ether oxygens (including phenoxy) is 1. The van der Waals surface area contributed by atoms with E-state index in [9.17, 15) is 24.8 Å². The summed E-state index contributed by atoms with van der Waals surface area (Å²) in [6.07, 6.45) is 0. The SMILES string of the molecule is CCOC(=O)C(N)C(=O)Nc1ccc([N+](=O)[O-])cc1O. The van der Waals surface area contributed by atoms with Crippen molar-refractivity contribution in [3.63, 3.8) is 0 Å². The first-order chi connectivity index (χ1) is 9.36. The Bertz CT molecular complexity index is 545. The van der Waals surface area contributed by atoms with Gasteiger partial charge in [-0.05, 0) is 13.0 Å². The molecular weight excluding hydrogens is 270 g/mol. The van der Waals surface area contributed by atoms with Crippen LogP contribution in [0.15, 0.2) is 18.2 Å². The quantitative estimate of drug-likeness (QED) is 0.229. The van der Waals surface area contributed by atoms with E-state index >= 15 is 0 Å². The molecule has 108 valence electrons. The summed E-state index contributed by atoms with van der Waals surface area (Å²) in [5.74, 6) is -2.32. The normalized spacial score (nSPS) is 11.5. The molecule has 9 heteroatoms. The van der Waals surface area contributed by atoms with Crippen molar-refractivity contribution in [3.8, 4) is 5.75 Å². The molecule has 0 aromatic heterocycles. The minimum Gasteiger partial charge on any atom is -0.506 e. The van der Waals surface area contributed by atoms with E-state index < -0.39 is 28.6 Å². The lowest BCUT2D eigenvalue weighted by Gasteiger charge is -2.11. The minimum atomic E-state index is -1.55. The van der Waals surface area contributed by atoms with Gasteiger partial charge in [-0.1, -0.05) is 0 Å². The Kier molecular flexibility index (Phi) is 4.98. The Hall–Kier alpha value is -2.68. The molecule has 0 aliphatic heterocycles. The number of rotatable bonds is 5. The molecule has 1 atom stereocenters. The zero-order valence-electron chi connectivity index (χ0n) is 10.5. The van der Waals surface area contributed by atoms with Gasteiger partial charge < -0.3 is 20.9 Å². The van der Waals surface area contributed by atoms with Crippen LogP contribution in [0.2, 0.25) is 0 Å². The number of nitro groups is 1. The molecule has 0 saturated heterocycles. The van der Waals surface area contributed by atoms with Crippen molar-refractivity contribution in [2.24, 2.45) is 5.73 Å². The Labute approximate surface area is 113 Å². The van der Waals surface area contributed by atoms with Crippen molar-refractivity contribution in [2.45, 2.75) is 13.0 Å². The number of hydrogen-bond acceptors (Lipinski definition) is 7. The third kappa shape index (κ3) is 3.65. The maximum atomic E-state index is 11.6. The molecule has 0 radical (unpaired) electrons. The van der Waals surface area contributed by atoms with Crippen LogP contribution in [0.25, 0.3) is 0 Å². The van der Waals surface area contributed by atoms with Crippen molar-refractivity contribution in [2.75, 3.05) is 11.9 Å². The number of nitrogens with two attached hydrogens (primary N) is 1. The van der Waals surface area contributed by atoms with Gasteiger partial charge in [0, 0.05) is 6.07 Å². The number of benzene rings is 1. The van der Waals surface area contributed by atoms with E-state index in [0.717, 1.165) is 18.2 Å². The number of nitro benzene ring substituents is 1. The van der Waals surface area contributed by atoms with Gasteiger partial charge in [0.25, 0.3) is 11.6 Å². The molecule has 0 spiro atoms. The average Bonchev–Trinajstić information content (AvgIpc) is 2.40. The molecule has 1 amide bonds. The molecule has 0 saturated carbocycles. The highest BCUT2D eigenvalue weighted by Crippen LogP contribution is 2.27. The van der Waals surface area contributed by atoms with E-state index in [4.69, 9.17) is 5.73 Å². The highest BCUT2D eigenvalue weighted by Gasteiger charge is 2.24. The molecular formula is C11H13N3O6. The van der Waals surface area contributed by atoms with Crippen LogP contribution in [-0.4, -0.2) is 34.6 Å². The minimum absolute atomic E-state index is 0.0720. The van der Waals surface area contributed by atoms with Crippen molar-refractivity contribution in [1.29, 1.82) is 0 Å². The van der Waals surface area contributed by atoms with Crippen LogP contribution in [0, 0.1) is 10.1 Å². The number of nitrogens with one attached hydrogen (secondary N) is 1. The topological polar surface area (TPSA) is 145 Å². The Balaban J connectivity index is 2.81. The largest absolute Gasteiger partial charge is 0.506 e. The summed E-state index contributed by atoms with van der Waals surface area (Å²) in [7, 11) is 0. The van der Waals surface area contributed by atoms with Gasteiger partial charge >= 0.3 is 5.97 Å². The fourth-order valence-corrected chi connectivity index (χ4v) is 1.29. The number of hydrogen-bond donors (Lipinski definition) is 3. The molecule has 1 rings (SSSR count). The van der Waals surface area contributed by atoms with Gasteiger partial charge in [0.05, 0.1) is 23.3 Å². The molecule has 0 bridgehead atoms. The molecule has 0 aliphatic carbocycles. The van der Waals surface area contributed by atoms with Crippen LogP contribution in [0.5, 0.6) is 5.75 Å². The van der Waals surface area contributed by atoms with Crippen LogP contribution in [0.1, 0.15) is 6.92 Å². The Morgan fingerprint density at radius 1 is 1.55 bits per heavy atom. The van der Waals surface area contributed by atoms with E-state index in [1.807, 2.05) is 0 Å². The van der Waals surface area contributed by atoms with Gasteiger partial charge in [-0.3, -0.25) is 14.9 Å². The number of aromatic hydroxyl groups is 1. The fourth-order valence-electron chi connectivity index (χ4n) is 1.29. The maximum absolute atomic E-state index is 11.6. The summed E-state index contributed by atoms with van der Waals surface area (Å²) in [5.41, 5.74) is 4.91. The first-order valence-corrected chi connectivity index (χ1v) is 5.57. The number of nitrogens with zero attached hydrogens (tertiary/aromatic N) is 1. The summed E-state index contributed by atoms with van der Waals surface area (Å²) >= 11 is 0. The summed E-state index contributed by atoms with van der Waals surface area (Å²) in [6, 6.07) is 1.53. The summed E-state index contributed by atoms with van der Waals surface area (Å²) in [6.45, 7) is 1.63. The van der Waals surface area contributed by atoms with Gasteiger partial charge in [0.2, 0.25) is 0 Å². The lowest BCUT2D eigenvalue weighted by Crippen LogP contribution is -2.43. The van der Waals surface area contributed by atoms with Crippen molar-refractivity contribution < 1.29 is 24.4 Å². The fraction of sp³-hybridized carbons (Fsp3) is 0.273. The monoisotopic (exact) mass is 283 g/mol. The molecule has 0 aliphatic rings. The number of carbonyl (C=O) groups is 2. The number of phenolic OH excluding ortho intramolecular Hbond substituents is 1. The van der Waals surface area contributed by atoms with Gasteiger partial charge in [0.1, 0.15) is 5.75 Å². The third-order valence-corrected chi connectivity index (χ3v) is 2.27. The molecule has 0 heterocycles. The van der Waals surface area contributed by atoms with Crippen LogP contribution in [-0.2, 0) is 14.3 Å². The second-order valence-corrected chi connectivity index (χ2v) is 3.68. The van der Waals surface area contributed by atoms with E-state index in [1.54, 1.807) is 6.92 Å². The predicted molar refractivity (Wildman–Crippen MR) is 68.0 cm³/mol. The molecule has 1 aromatic carbocycles. The maximum Gasteiger partial charge on any atom is 0.332 e. The lowest BCUT2D eigenvalue weighted by molar-refractivity contribution is -0.384. The van der Waals surface area contributed by atoms with Gasteiger partial charge in [0.15, 0.2) is 6.04 Å². The van der Waals surface area contributed by atoms with Crippen molar-refractivity contribution in [3.05, 3.63) is 28.3 Å². The van der Waals surface area contributed by atoms with E-state index in [2.05, 4.69) is 10.1 Å². The standard InChI is InChI=1S/C11H13N3O6/c1-2-20-11(17)9(12)10(16)13-7-4-3-6(14(18)19)5-8(7)15/h3-5,9,15H,2,12H2,1H3,(H,13,16). The molecule has 4 N–H and O–H groups in total. The van der Waals surface area contributed by atoms with E-state index in [0.29, 0.717) is 0 Å². The van der Waals surface area contributed by atoms with Crippen molar-refractivity contribution in [1.82, 2.24) is 0 Å². The van der Waals surface area contributed by atoms with Crippen molar-refractivity contribution >= 4 is 23.3 Å². The zero-order valence-corrected chi connectivity index (χ0v) is 10.5. The van der Waals surface area contributed by atoms with Gasteiger partial charge in [-0.2, -0.15) is 0 Å². The number of non-ortho nitro benzene ring substituents is 1. The Morgan fingerprint density at radius 3 is 2.70 bits per heavy atom. The highest BCUT2D eigenvalue weighted by atomic mass is 16.6. The molecule has 20 heavy (non-hydrogen) atoms. The highest BCUT2D eigenvalue weighted by molar-refractivity contribution is 6.08. The van der Waals surface area contributed by atoms with Crippen LogP contribution < -0.4 is 11.1 Å². The van der Waals surface area contributed by atoms with E-state index in [-0.39, 0.29) is 18.0 Å². The summed E-state index contributed by atoms with van der Waals surface area (Å²) < 4.78 is 4.57. The number of phenols is 1. The number of anilines is 1. The first-order valence-electron chi connectivity index (χ1n) is 5.57. The number of amides is 1. The van der Waals surface area contributed by atoms with Crippen LogP contribution >= 0.6 is 0 Å². The van der Waals surface area contributed by atoms with Crippen LogP contribution in [0.4, 0.5) is 11.4 Å². The summed E-state index contributed by atoms with van der Waals surface area (Å²) in [5, 5.41) is 22.2. The smallest absolute Gasteiger partial charge is 0.332 e. The number of carbonyl (C=O) groups excluding carboxylic acids is 2. The second kappa shape index (κ2) is 6.48. The Morgan fingerprint density at radius 2 is 2.20 bits per heavy atom. The third-order valence-electron chi connectivity index (χ3n) is 2.27. The molecule has 1 aromatic rings. The molecule has 1 unspecified atom stereocenters. The average molecular weight is 283 g/mol. The van der Waals surface area contributed by atoms with E-state index in [1.165, 1.54) is 0 Å². The first kappa shape index (κ1) is 15.4. The second-order valence-electron chi connectivity index (χ2n) is 3.68. The van der Waals surface area contributed by atoms with Gasteiger partial charge in [-0.25, -0.2) is 4.79 Å². The molecule has 0 fully saturated rings. The summed E-state index contributed by atoms with van der Waals surface area (Å²) in [4.78, 5) is 32.6. The zero-order chi connectivity index (χ0) is 15.3. The predicted octanol–water partition coefficient (Wildman–Crippen LogP) is 0.129. The molecule has 9 nitrogen and oxygen atoms in total. The van der Waals surface area contributed by atoms with Gasteiger partial charge in [-0.15, -0.1) is 0 Å². The lowest BCUT2D eigenvalue weighted by atomic mass is 10.2.